The number of nitrogens with zero attached hydrogens (tertiary/aromatic N) is 1. The molecule has 1 fully saturated rings. The van der Waals surface area contributed by atoms with Crippen molar-refractivity contribution in [1.82, 2.24) is 10.2 Å². The normalized spacial score (nSPS) is 20.2. The topological polar surface area (TPSA) is 69.6 Å². The molecule has 1 aromatic carbocycles. The molecule has 5 heteroatoms. The van der Waals surface area contributed by atoms with Gasteiger partial charge in [0.25, 0.3) is 0 Å². The monoisotopic (exact) mass is 318 g/mol. The van der Waals surface area contributed by atoms with Crippen LogP contribution in [0.1, 0.15) is 36.5 Å². The van der Waals surface area contributed by atoms with E-state index in [0.29, 0.717) is 6.42 Å². The third-order valence-electron chi connectivity index (χ3n) is 4.72. The highest BCUT2D eigenvalue weighted by Crippen LogP contribution is 2.25. The van der Waals surface area contributed by atoms with Gasteiger partial charge in [0.15, 0.2) is 0 Å². The Hall–Kier alpha value is -1.88. The van der Waals surface area contributed by atoms with Gasteiger partial charge in [0.05, 0.1) is 13.0 Å². The molecule has 23 heavy (non-hydrogen) atoms. The Morgan fingerprint density at radius 2 is 1.87 bits per heavy atom. The molecular formula is C18H26N2O3. The maximum atomic E-state index is 12.2. The summed E-state index contributed by atoms with van der Waals surface area (Å²) in [5.74, 6) is -0.749. The zero-order valence-electron chi connectivity index (χ0n) is 14.1. The summed E-state index contributed by atoms with van der Waals surface area (Å²) in [6, 6.07) is 6.49. The fourth-order valence-electron chi connectivity index (χ4n) is 3.24. The summed E-state index contributed by atoms with van der Waals surface area (Å²) in [6.07, 6.45) is 2.07. The van der Waals surface area contributed by atoms with Crippen molar-refractivity contribution in [3.63, 3.8) is 0 Å². The standard InChI is InChI=1S/C18H26N2O3/c1-4-20(11-18(22)23)15-8-14(9-15)19-17(21)10-16-12(2)6-5-7-13(16)3/h5-7,14-15H,4,8-11H2,1-3H3,(H,19,21)(H,22,23). The minimum Gasteiger partial charge on any atom is -0.480 e. The maximum absolute atomic E-state index is 12.2. The van der Waals surface area contributed by atoms with Crippen LogP contribution in [0.15, 0.2) is 18.2 Å². The van der Waals surface area contributed by atoms with Crippen LogP contribution in [0.5, 0.6) is 0 Å². The van der Waals surface area contributed by atoms with E-state index < -0.39 is 5.97 Å². The Bertz CT molecular complexity index is 559. The van der Waals surface area contributed by atoms with Crippen molar-refractivity contribution in [2.75, 3.05) is 13.1 Å². The predicted octanol–water partition coefficient (Wildman–Crippen LogP) is 1.90. The van der Waals surface area contributed by atoms with Gasteiger partial charge in [0.1, 0.15) is 0 Å². The number of likely N-dealkylation sites (N-methyl/N-ethyl adjacent to an activating group) is 1. The van der Waals surface area contributed by atoms with Crippen molar-refractivity contribution < 1.29 is 14.7 Å². The smallest absolute Gasteiger partial charge is 0.317 e. The van der Waals surface area contributed by atoms with Crippen LogP contribution < -0.4 is 5.32 Å². The Labute approximate surface area is 137 Å². The summed E-state index contributed by atoms with van der Waals surface area (Å²) in [5, 5.41) is 12.0. The molecule has 0 aromatic heterocycles. The highest BCUT2D eigenvalue weighted by molar-refractivity contribution is 5.79. The van der Waals surface area contributed by atoms with Gasteiger partial charge < -0.3 is 10.4 Å². The van der Waals surface area contributed by atoms with E-state index in [2.05, 4.69) is 5.32 Å². The Kier molecular flexibility index (Phi) is 5.77. The summed E-state index contributed by atoms with van der Waals surface area (Å²) < 4.78 is 0. The lowest BCUT2D eigenvalue weighted by Gasteiger charge is -2.42. The molecule has 1 aromatic rings. The van der Waals surface area contributed by atoms with Crippen LogP contribution >= 0.6 is 0 Å². The largest absolute Gasteiger partial charge is 0.480 e. The summed E-state index contributed by atoms with van der Waals surface area (Å²) in [7, 11) is 0. The molecule has 2 rings (SSSR count). The molecule has 1 saturated carbocycles. The third-order valence-corrected chi connectivity index (χ3v) is 4.72. The highest BCUT2D eigenvalue weighted by atomic mass is 16.4. The van der Waals surface area contributed by atoms with E-state index in [1.54, 1.807) is 0 Å². The van der Waals surface area contributed by atoms with Crippen LogP contribution in [0.25, 0.3) is 0 Å². The number of aryl methyl sites for hydroxylation is 2. The predicted molar refractivity (Wildman–Crippen MR) is 89.5 cm³/mol. The molecule has 0 bridgehead atoms. The van der Waals surface area contributed by atoms with E-state index in [9.17, 15) is 9.59 Å². The molecule has 0 atom stereocenters. The first-order chi connectivity index (χ1) is 10.9. The van der Waals surface area contributed by atoms with E-state index in [0.717, 1.165) is 36.1 Å². The SMILES string of the molecule is CCN(CC(=O)O)C1CC(NC(=O)Cc2c(C)cccc2C)C1. The molecule has 1 aliphatic rings. The summed E-state index contributed by atoms with van der Waals surface area (Å²) in [4.78, 5) is 25.0. The number of carboxylic acids is 1. The number of carboxylic acid groups (broad SMARTS) is 1. The second-order valence-corrected chi connectivity index (χ2v) is 6.39. The molecule has 1 aliphatic carbocycles. The average Bonchev–Trinajstić information content (AvgIpc) is 2.44. The molecule has 126 valence electrons. The van der Waals surface area contributed by atoms with Gasteiger partial charge in [-0.1, -0.05) is 25.1 Å². The van der Waals surface area contributed by atoms with Crippen molar-refractivity contribution in [2.45, 2.75) is 52.1 Å². The first kappa shape index (κ1) is 17.5. The fourth-order valence-corrected chi connectivity index (χ4v) is 3.24. The van der Waals surface area contributed by atoms with Gasteiger partial charge in [0.2, 0.25) is 5.91 Å². The number of nitrogens with one attached hydrogen (secondary N) is 1. The highest BCUT2D eigenvalue weighted by Gasteiger charge is 2.34. The lowest BCUT2D eigenvalue weighted by atomic mass is 9.85. The lowest BCUT2D eigenvalue weighted by Crippen LogP contribution is -2.55. The van der Waals surface area contributed by atoms with Crippen LogP contribution in [-0.4, -0.2) is 47.1 Å². The summed E-state index contributed by atoms with van der Waals surface area (Å²) >= 11 is 0. The molecule has 1 amide bonds. The average molecular weight is 318 g/mol. The zero-order valence-corrected chi connectivity index (χ0v) is 14.1. The summed E-state index contributed by atoms with van der Waals surface area (Å²) in [6.45, 7) is 6.82. The van der Waals surface area contributed by atoms with Crippen molar-refractivity contribution in [1.29, 1.82) is 0 Å². The number of rotatable bonds is 7. The van der Waals surface area contributed by atoms with Gasteiger partial charge in [-0.25, -0.2) is 0 Å². The quantitative estimate of drug-likeness (QED) is 0.805. The number of carbonyl (C=O) groups is 2. The van der Waals surface area contributed by atoms with Crippen molar-refractivity contribution in [3.8, 4) is 0 Å². The van der Waals surface area contributed by atoms with Crippen LogP contribution in [-0.2, 0) is 16.0 Å². The van der Waals surface area contributed by atoms with E-state index in [1.165, 1.54) is 0 Å². The van der Waals surface area contributed by atoms with Crippen LogP contribution in [0.2, 0.25) is 0 Å². The molecule has 0 aliphatic heterocycles. The molecule has 0 saturated heterocycles. The number of carbonyl (C=O) groups excluding carboxylic acids is 1. The first-order valence-electron chi connectivity index (χ1n) is 8.21. The number of hydrogen-bond acceptors (Lipinski definition) is 3. The zero-order chi connectivity index (χ0) is 17.0. The van der Waals surface area contributed by atoms with Crippen LogP contribution in [0.4, 0.5) is 0 Å². The minimum absolute atomic E-state index is 0.0483. The molecular weight excluding hydrogens is 292 g/mol. The van der Waals surface area contributed by atoms with Gasteiger partial charge in [-0.05, 0) is 49.9 Å². The van der Waals surface area contributed by atoms with Gasteiger partial charge in [-0.3, -0.25) is 14.5 Å². The van der Waals surface area contributed by atoms with Crippen LogP contribution in [0.3, 0.4) is 0 Å². The second-order valence-electron chi connectivity index (χ2n) is 6.39. The van der Waals surface area contributed by atoms with Gasteiger partial charge in [-0.2, -0.15) is 0 Å². The van der Waals surface area contributed by atoms with Crippen molar-refractivity contribution in [3.05, 3.63) is 34.9 Å². The molecule has 0 spiro atoms. The second kappa shape index (κ2) is 7.59. The van der Waals surface area contributed by atoms with Crippen LogP contribution in [0, 0.1) is 13.8 Å². The number of amides is 1. The third kappa shape index (κ3) is 4.55. The molecule has 0 radical (unpaired) electrons. The van der Waals surface area contributed by atoms with E-state index in [1.807, 2.05) is 43.9 Å². The van der Waals surface area contributed by atoms with Gasteiger partial charge in [0, 0.05) is 12.1 Å². The van der Waals surface area contributed by atoms with Gasteiger partial charge >= 0.3 is 5.97 Å². The first-order valence-corrected chi connectivity index (χ1v) is 8.21. The van der Waals surface area contributed by atoms with E-state index in [4.69, 9.17) is 5.11 Å². The maximum Gasteiger partial charge on any atom is 0.317 e. The van der Waals surface area contributed by atoms with E-state index >= 15 is 0 Å². The van der Waals surface area contributed by atoms with Crippen molar-refractivity contribution >= 4 is 11.9 Å². The Morgan fingerprint density at radius 1 is 1.26 bits per heavy atom. The minimum atomic E-state index is -0.797. The number of hydrogen-bond donors (Lipinski definition) is 2. The molecule has 0 unspecified atom stereocenters. The molecule has 0 heterocycles. The lowest BCUT2D eigenvalue weighted by molar-refractivity contribution is -0.139. The molecule has 2 N–H and O–H groups in total. The Morgan fingerprint density at radius 3 is 2.39 bits per heavy atom. The number of benzene rings is 1. The van der Waals surface area contributed by atoms with E-state index in [-0.39, 0.29) is 24.5 Å². The number of aliphatic carboxylic acids is 1. The fraction of sp³-hybridized carbons (Fsp3) is 0.556. The van der Waals surface area contributed by atoms with Crippen molar-refractivity contribution in [2.24, 2.45) is 0 Å². The molecule has 5 nitrogen and oxygen atoms in total. The Balaban J connectivity index is 1.81. The summed E-state index contributed by atoms with van der Waals surface area (Å²) in [5.41, 5.74) is 3.39. The van der Waals surface area contributed by atoms with Gasteiger partial charge in [-0.15, -0.1) is 0 Å².